The van der Waals surface area contributed by atoms with E-state index in [4.69, 9.17) is 4.99 Å². The third-order valence-corrected chi connectivity index (χ3v) is 4.08. The fourth-order valence-corrected chi connectivity index (χ4v) is 2.75. The van der Waals surface area contributed by atoms with Gasteiger partial charge in [0.05, 0.1) is 5.69 Å². The molecule has 1 nitrogen and oxygen atoms in total. The molecule has 1 heteroatoms. The first-order valence-electron chi connectivity index (χ1n) is 6.10. The smallest absolute Gasteiger partial charge is 0.0677 e. The molecule has 0 aromatic heterocycles. The van der Waals surface area contributed by atoms with E-state index in [1.54, 1.807) is 0 Å². The van der Waals surface area contributed by atoms with Crippen LogP contribution in [0.4, 0.5) is 5.69 Å². The van der Waals surface area contributed by atoms with Gasteiger partial charge in [-0.15, -0.1) is 0 Å². The number of nitrogens with zero attached hydrogens (tertiary/aromatic N) is 1. The minimum absolute atomic E-state index is 0.0582. The predicted molar refractivity (Wildman–Crippen MR) is 74.5 cm³/mol. The number of fused-ring (bicyclic) bond motifs is 3. The molecule has 17 heavy (non-hydrogen) atoms. The van der Waals surface area contributed by atoms with E-state index in [-0.39, 0.29) is 5.41 Å². The summed E-state index contributed by atoms with van der Waals surface area (Å²) in [4.78, 5) is 4.70. The summed E-state index contributed by atoms with van der Waals surface area (Å²) in [6.07, 6.45) is 0. The summed E-state index contributed by atoms with van der Waals surface area (Å²) >= 11 is 0. The Balaban J connectivity index is 2.46. The number of benzene rings is 2. The van der Waals surface area contributed by atoms with Gasteiger partial charge in [-0.1, -0.05) is 38.1 Å². The fraction of sp³-hybridized carbons (Fsp3) is 0.312. The van der Waals surface area contributed by atoms with Crippen molar-refractivity contribution in [3.8, 4) is 0 Å². The standard InChI is InChI=1S/C16H17N/c1-10-6-5-7-13-12(10)8-9-14-15(13)16(3,4)11(2)17-14/h5-9H,1-4H3. The molecule has 0 saturated carbocycles. The van der Waals surface area contributed by atoms with Gasteiger partial charge in [-0.3, -0.25) is 4.99 Å². The highest BCUT2D eigenvalue weighted by molar-refractivity contribution is 6.06. The summed E-state index contributed by atoms with van der Waals surface area (Å²) in [5.74, 6) is 0. The van der Waals surface area contributed by atoms with Gasteiger partial charge in [-0.05, 0) is 41.8 Å². The van der Waals surface area contributed by atoms with E-state index < -0.39 is 0 Å². The molecule has 3 rings (SSSR count). The Morgan fingerprint density at radius 3 is 2.47 bits per heavy atom. The summed E-state index contributed by atoms with van der Waals surface area (Å²) in [5, 5.41) is 2.71. The first-order valence-corrected chi connectivity index (χ1v) is 6.10. The van der Waals surface area contributed by atoms with E-state index in [0.29, 0.717) is 0 Å². The van der Waals surface area contributed by atoms with E-state index >= 15 is 0 Å². The molecular weight excluding hydrogens is 206 g/mol. The van der Waals surface area contributed by atoms with Crippen LogP contribution in [0.5, 0.6) is 0 Å². The van der Waals surface area contributed by atoms with E-state index in [1.807, 2.05) is 0 Å². The van der Waals surface area contributed by atoms with Crippen molar-refractivity contribution in [2.75, 3.05) is 0 Å². The molecule has 86 valence electrons. The Hall–Kier alpha value is -1.63. The Morgan fingerprint density at radius 1 is 0.941 bits per heavy atom. The zero-order chi connectivity index (χ0) is 12.2. The topological polar surface area (TPSA) is 12.4 Å². The van der Waals surface area contributed by atoms with Crippen molar-refractivity contribution in [2.24, 2.45) is 4.99 Å². The third-order valence-electron chi connectivity index (χ3n) is 4.08. The molecule has 0 aliphatic carbocycles. The number of hydrogen-bond donors (Lipinski definition) is 0. The van der Waals surface area contributed by atoms with Gasteiger partial charge in [0.15, 0.2) is 0 Å². The molecule has 0 unspecified atom stereocenters. The monoisotopic (exact) mass is 223 g/mol. The highest BCUT2D eigenvalue weighted by Gasteiger charge is 2.33. The van der Waals surface area contributed by atoms with Crippen LogP contribution in [0.2, 0.25) is 0 Å². The fourth-order valence-electron chi connectivity index (χ4n) is 2.75. The molecule has 0 radical (unpaired) electrons. The molecule has 2 aromatic rings. The van der Waals surface area contributed by atoms with Gasteiger partial charge in [0.2, 0.25) is 0 Å². The molecule has 0 fully saturated rings. The molecule has 0 atom stereocenters. The second-order valence-corrected chi connectivity index (χ2v) is 5.45. The first kappa shape index (κ1) is 10.5. The van der Waals surface area contributed by atoms with Crippen LogP contribution in [0.3, 0.4) is 0 Å². The zero-order valence-corrected chi connectivity index (χ0v) is 10.8. The Bertz CT molecular complexity index is 648. The van der Waals surface area contributed by atoms with Gasteiger partial charge in [-0.25, -0.2) is 0 Å². The second-order valence-electron chi connectivity index (χ2n) is 5.45. The number of rotatable bonds is 0. The lowest BCUT2D eigenvalue weighted by Gasteiger charge is -2.22. The maximum absolute atomic E-state index is 4.70. The largest absolute Gasteiger partial charge is 0.257 e. The van der Waals surface area contributed by atoms with Crippen molar-refractivity contribution in [2.45, 2.75) is 33.1 Å². The molecule has 0 N–H and O–H groups in total. The van der Waals surface area contributed by atoms with Crippen LogP contribution in [0, 0.1) is 6.92 Å². The first-order chi connectivity index (χ1) is 8.01. The number of aryl methyl sites for hydroxylation is 1. The van der Waals surface area contributed by atoms with Crippen molar-refractivity contribution in [3.05, 3.63) is 41.5 Å². The normalized spacial score (nSPS) is 17.1. The van der Waals surface area contributed by atoms with Crippen molar-refractivity contribution in [1.29, 1.82) is 0 Å². The van der Waals surface area contributed by atoms with Crippen molar-refractivity contribution in [3.63, 3.8) is 0 Å². The lowest BCUT2D eigenvalue weighted by Crippen LogP contribution is -2.22. The molecule has 0 saturated heterocycles. The quantitative estimate of drug-likeness (QED) is 0.622. The van der Waals surface area contributed by atoms with Crippen LogP contribution >= 0.6 is 0 Å². The second kappa shape index (κ2) is 3.19. The van der Waals surface area contributed by atoms with Gasteiger partial charge in [0.1, 0.15) is 0 Å². The van der Waals surface area contributed by atoms with Crippen LogP contribution in [0.15, 0.2) is 35.3 Å². The van der Waals surface area contributed by atoms with Gasteiger partial charge < -0.3 is 0 Å². The van der Waals surface area contributed by atoms with Crippen molar-refractivity contribution < 1.29 is 0 Å². The lowest BCUT2D eigenvalue weighted by molar-refractivity contribution is 0.740. The van der Waals surface area contributed by atoms with Crippen molar-refractivity contribution in [1.82, 2.24) is 0 Å². The molecular formula is C16H17N. The SMILES string of the molecule is CC1=Nc2ccc3c(C)cccc3c2C1(C)C. The summed E-state index contributed by atoms with van der Waals surface area (Å²) in [5.41, 5.74) is 5.14. The number of hydrogen-bond acceptors (Lipinski definition) is 1. The van der Waals surface area contributed by atoms with Gasteiger partial charge >= 0.3 is 0 Å². The summed E-state index contributed by atoms with van der Waals surface area (Å²) in [7, 11) is 0. The highest BCUT2D eigenvalue weighted by atomic mass is 14.8. The van der Waals surface area contributed by atoms with Crippen LogP contribution < -0.4 is 0 Å². The van der Waals surface area contributed by atoms with Gasteiger partial charge in [-0.2, -0.15) is 0 Å². The van der Waals surface area contributed by atoms with Gasteiger partial charge in [0.25, 0.3) is 0 Å². The number of aliphatic imine (C=N–C) groups is 1. The average molecular weight is 223 g/mol. The Labute approximate surface area is 102 Å². The molecule has 0 bridgehead atoms. The van der Waals surface area contributed by atoms with Crippen molar-refractivity contribution >= 4 is 22.2 Å². The Morgan fingerprint density at radius 2 is 1.71 bits per heavy atom. The maximum Gasteiger partial charge on any atom is 0.0677 e. The highest BCUT2D eigenvalue weighted by Crippen LogP contribution is 2.44. The molecule has 1 aliphatic heterocycles. The van der Waals surface area contributed by atoms with E-state index in [0.717, 1.165) is 5.69 Å². The summed E-state index contributed by atoms with van der Waals surface area (Å²) in [6, 6.07) is 10.9. The average Bonchev–Trinajstić information content (AvgIpc) is 2.50. The minimum atomic E-state index is 0.0582. The maximum atomic E-state index is 4.70. The van der Waals surface area contributed by atoms with E-state index in [2.05, 4.69) is 58.0 Å². The summed E-state index contributed by atoms with van der Waals surface area (Å²) < 4.78 is 0. The third kappa shape index (κ3) is 1.28. The molecule has 1 heterocycles. The van der Waals surface area contributed by atoms with E-state index in [9.17, 15) is 0 Å². The molecule has 1 aliphatic rings. The predicted octanol–water partition coefficient (Wildman–Crippen LogP) is 4.53. The van der Waals surface area contributed by atoms with Crippen LogP contribution in [0.25, 0.3) is 10.8 Å². The molecule has 2 aromatic carbocycles. The van der Waals surface area contributed by atoms with E-state index in [1.165, 1.54) is 27.6 Å². The molecule has 0 amide bonds. The van der Waals surface area contributed by atoms with Crippen LogP contribution in [-0.4, -0.2) is 5.71 Å². The van der Waals surface area contributed by atoms with Crippen LogP contribution in [-0.2, 0) is 5.41 Å². The minimum Gasteiger partial charge on any atom is -0.257 e. The lowest BCUT2D eigenvalue weighted by atomic mass is 9.79. The molecule has 0 spiro atoms. The summed E-state index contributed by atoms with van der Waals surface area (Å²) in [6.45, 7) is 8.82. The Kier molecular flexibility index (Phi) is 1.97. The van der Waals surface area contributed by atoms with Gasteiger partial charge in [0, 0.05) is 11.1 Å². The van der Waals surface area contributed by atoms with Crippen LogP contribution in [0.1, 0.15) is 31.9 Å². The zero-order valence-electron chi connectivity index (χ0n) is 10.8.